The van der Waals surface area contributed by atoms with E-state index in [1.54, 1.807) is 20.8 Å². The van der Waals surface area contributed by atoms with Crippen molar-refractivity contribution >= 4 is 11.0 Å². The molecule has 0 saturated heterocycles. The quantitative estimate of drug-likeness (QED) is 0.816. The number of alkyl halides is 2. The maximum atomic E-state index is 14.4. The summed E-state index contributed by atoms with van der Waals surface area (Å²) in [6.45, 7) is 11.4. The maximum Gasteiger partial charge on any atom is 0.289 e. The van der Waals surface area contributed by atoms with Crippen LogP contribution in [0.15, 0.2) is 0 Å². The van der Waals surface area contributed by atoms with Gasteiger partial charge in [-0.05, 0) is 51.4 Å². The van der Waals surface area contributed by atoms with Crippen molar-refractivity contribution < 1.29 is 18.1 Å². The number of hydrogen-bond donors (Lipinski definition) is 2. The van der Waals surface area contributed by atoms with E-state index in [0.717, 1.165) is 0 Å². The third-order valence-corrected chi connectivity index (χ3v) is 6.19. The molecule has 1 aliphatic carbocycles. The fraction of sp³-hybridized carbons (Fsp3) is 1.00. The average molecular weight is 325 g/mol. The molecule has 2 N–H and O–H groups in total. The molecule has 0 aliphatic heterocycles. The highest BCUT2D eigenvalue weighted by Gasteiger charge is 2.65. The van der Waals surface area contributed by atoms with Crippen molar-refractivity contribution in [1.82, 2.24) is 4.72 Å². The zero-order valence-electron chi connectivity index (χ0n) is 14.1. The van der Waals surface area contributed by atoms with Gasteiger partial charge in [-0.2, -0.15) is 0 Å². The van der Waals surface area contributed by atoms with Crippen molar-refractivity contribution in [1.29, 1.82) is 0 Å². The molecule has 0 amide bonds. The lowest BCUT2D eigenvalue weighted by Gasteiger charge is -2.40. The molecule has 21 heavy (non-hydrogen) atoms. The second-order valence-corrected chi connectivity index (χ2v) is 10.3. The van der Waals surface area contributed by atoms with Crippen molar-refractivity contribution in [2.75, 3.05) is 6.61 Å². The van der Waals surface area contributed by atoms with Gasteiger partial charge in [0.25, 0.3) is 5.92 Å². The highest BCUT2D eigenvalue weighted by atomic mass is 32.2. The van der Waals surface area contributed by atoms with Gasteiger partial charge in [0.05, 0.1) is 21.3 Å². The van der Waals surface area contributed by atoms with Gasteiger partial charge in [-0.3, -0.25) is 0 Å². The van der Waals surface area contributed by atoms with Gasteiger partial charge in [0.15, 0.2) is 0 Å². The lowest BCUT2D eigenvalue weighted by atomic mass is 9.81. The third kappa shape index (κ3) is 3.82. The Morgan fingerprint density at radius 3 is 1.86 bits per heavy atom. The molecule has 0 bridgehead atoms. The van der Waals surface area contributed by atoms with Crippen LogP contribution in [0.25, 0.3) is 0 Å². The smallest absolute Gasteiger partial charge is 0.289 e. The molecular formula is C15H29F2NO2S. The number of hydrogen-bond acceptors (Lipinski definition) is 2. The molecule has 1 aliphatic rings. The largest absolute Gasteiger partial charge is 0.390 e. The molecule has 1 fully saturated rings. The lowest BCUT2D eigenvalue weighted by molar-refractivity contribution is -0.120. The molecule has 0 aromatic rings. The summed E-state index contributed by atoms with van der Waals surface area (Å²) in [6.07, 6.45) is 0.657. The van der Waals surface area contributed by atoms with Gasteiger partial charge in [0, 0.05) is 0 Å². The second kappa shape index (κ2) is 5.53. The van der Waals surface area contributed by atoms with Gasteiger partial charge in [0.1, 0.15) is 6.61 Å². The van der Waals surface area contributed by atoms with Gasteiger partial charge >= 0.3 is 0 Å². The van der Waals surface area contributed by atoms with Crippen molar-refractivity contribution in [3.8, 4) is 0 Å². The van der Waals surface area contributed by atoms with Gasteiger partial charge in [-0.1, -0.05) is 20.8 Å². The first-order valence-electron chi connectivity index (χ1n) is 7.35. The van der Waals surface area contributed by atoms with Crippen molar-refractivity contribution in [3.63, 3.8) is 0 Å². The molecule has 0 heterocycles. The Balaban J connectivity index is 3.08. The summed E-state index contributed by atoms with van der Waals surface area (Å²) in [5.41, 5.74) is -1.75. The van der Waals surface area contributed by atoms with Crippen LogP contribution in [0.5, 0.6) is 0 Å². The van der Waals surface area contributed by atoms with Gasteiger partial charge in [-0.25, -0.2) is 17.7 Å². The van der Waals surface area contributed by atoms with Crippen molar-refractivity contribution in [2.24, 2.45) is 17.3 Å². The molecular weight excluding hydrogens is 296 g/mol. The minimum Gasteiger partial charge on any atom is -0.390 e. The normalized spacial score (nSPS) is 28.1. The van der Waals surface area contributed by atoms with E-state index in [-0.39, 0.29) is 17.3 Å². The van der Waals surface area contributed by atoms with Gasteiger partial charge < -0.3 is 5.11 Å². The van der Waals surface area contributed by atoms with Crippen LogP contribution in [0.3, 0.4) is 0 Å². The molecule has 3 nitrogen and oxygen atoms in total. The zero-order valence-corrected chi connectivity index (χ0v) is 14.9. The van der Waals surface area contributed by atoms with Crippen molar-refractivity contribution in [2.45, 2.75) is 71.1 Å². The van der Waals surface area contributed by atoms with Gasteiger partial charge in [-0.15, -0.1) is 0 Å². The number of nitrogens with one attached hydrogen (secondary N) is 1. The van der Waals surface area contributed by atoms with Crippen LogP contribution in [0.4, 0.5) is 8.78 Å². The van der Waals surface area contributed by atoms with Crippen LogP contribution < -0.4 is 4.72 Å². The Labute approximate surface area is 129 Å². The summed E-state index contributed by atoms with van der Waals surface area (Å²) in [5, 5.41) is 9.12. The number of rotatable bonds is 5. The summed E-state index contributed by atoms with van der Waals surface area (Å²) < 4.78 is 43.0. The minimum atomic E-state index is -3.32. The van der Waals surface area contributed by atoms with Crippen LogP contribution in [-0.4, -0.2) is 32.1 Å². The Bertz CT molecular complexity index is 415. The average Bonchev–Trinajstić information content (AvgIpc) is 3.06. The Morgan fingerprint density at radius 2 is 1.57 bits per heavy atom. The zero-order chi connectivity index (χ0) is 16.9. The highest BCUT2D eigenvalue weighted by Crippen LogP contribution is 2.59. The molecule has 0 aromatic heterocycles. The summed E-state index contributed by atoms with van der Waals surface area (Å²) in [5.74, 6) is -3.49. The molecule has 4 atom stereocenters. The summed E-state index contributed by atoms with van der Waals surface area (Å²) in [6, 6.07) is 0. The molecule has 1 rings (SSSR count). The van der Waals surface area contributed by atoms with E-state index in [1.807, 2.05) is 20.8 Å². The monoisotopic (exact) mass is 325 g/mol. The minimum absolute atomic E-state index is 0.0810. The predicted octanol–water partition coefficient (Wildman–Crippen LogP) is 3.11. The summed E-state index contributed by atoms with van der Waals surface area (Å²) in [4.78, 5) is 0. The second-order valence-electron chi connectivity index (χ2n) is 8.36. The number of aliphatic hydroxyl groups excluding tert-OH is 1. The van der Waals surface area contributed by atoms with E-state index in [9.17, 15) is 13.0 Å². The molecule has 0 aromatic carbocycles. The maximum absolute atomic E-state index is 14.4. The van der Waals surface area contributed by atoms with Crippen LogP contribution >= 0.6 is 0 Å². The third-order valence-electron chi connectivity index (χ3n) is 4.46. The molecule has 1 saturated carbocycles. The SMILES string of the molecule is CC(C)(C)[C@H]1C[C@@H]1[C@@](C)(N[S@](=O)C(C)(C)C)C(F)(F)CO. The van der Waals surface area contributed by atoms with Crippen LogP contribution in [-0.2, 0) is 11.0 Å². The predicted molar refractivity (Wildman–Crippen MR) is 82.5 cm³/mol. The Hall–Kier alpha value is -0.0700. The first-order chi connectivity index (χ1) is 9.17. The fourth-order valence-electron chi connectivity index (χ4n) is 2.72. The number of halogens is 2. The van der Waals surface area contributed by atoms with Gasteiger partial charge in [0.2, 0.25) is 0 Å². The topological polar surface area (TPSA) is 49.3 Å². The van der Waals surface area contributed by atoms with Crippen LogP contribution in [0.1, 0.15) is 54.9 Å². The Kier molecular flexibility index (Phi) is 5.00. The fourth-order valence-corrected chi connectivity index (χ4v) is 3.71. The Morgan fingerprint density at radius 1 is 1.10 bits per heavy atom. The summed E-state index contributed by atoms with van der Waals surface area (Å²) in [7, 11) is -1.62. The molecule has 0 radical (unpaired) electrons. The van der Waals surface area contributed by atoms with E-state index in [1.165, 1.54) is 6.92 Å². The van der Waals surface area contributed by atoms with E-state index in [2.05, 4.69) is 4.72 Å². The molecule has 126 valence electrons. The molecule has 6 heteroatoms. The highest BCUT2D eigenvalue weighted by molar-refractivity contribution is 7.84. The van der Waals surface area contributed by atoms with E-state index < -0.39 is 33.8 Å². The lowest BCUT2D eigenvalue weighted by Crippen LogP contribution is -2.62. The number of aliphatic hydroxyl groups is 1. The standard InChI is InChI=1S/C15H29F2NO2S/c1-12(2,3)10-8-11(10)14(7,15(16,17)9-19)18-21(20)13(4,5)6/h10-11,18-19H,8-9H2,1-7H3/t10-,11-,14+,21+/m0/s1. The summed E-state index contributed by atoms with van der Waals surface area (Å²) >= 11 is 0. The molecule has 0 unspecified atom stereocenters. The van der Waals surface area contributed by atoms with Crippen molar-refractivity contribution in [3.05, 3.63) is 0 Å². The van der Waals surface area contributed by atoms with Crippen LogP contribution in [0, 0.1) is 17.3 Å². The van der Waals surface area contributed by atoms with E-state index in [0.29, 0.717) is 6.42 Å². The van der Waals surface area contributed by atoms with Crippen LogP contribution in [0.2, 0.25) is 0 Å². The first kappa shape index (κ1) is 19.0. The first-order valence-corrected chi connectivity index (χ1v) is 8.50. The van der Waals surface area contributed by atoms with E-state index >= 15 is 0 Å². The van der Waals surface area contributed by atoms with E-state index in [4.69, 9.17) is 5.11 Å². The molecule has 0 spiro atoms.